The smallest absolute Gasteiger partial charge is 0.237 e. The van der Waals surface area contributed by atoms with Gasteiger partial charge in [-0.2, -0.15) is 0 Å². The van der Waals surface area contributed by atoms with Gasteiger partial charge in [0.1, 0.15) is 5.82 Å². The van der Waals surface area contributed by atoms with Gasteiger partial charge in [-0.3, -0.25) is 9.69 Å². The highest BCUT2D eigenvalue weighted by molar-refractivity contribution is 5.85. The molecule has 2 aliphatic heterocycles. The van der Waals surface area contributed by atoms with Crippen molar-refractivity contribution in [3.05, 3.63) is 23.8 Å². The Bertz CT molecular complexity index is 474. The molecule has 18 heavy (non-hydrogen) atoms. The zero-order valence-corrected chi connectivity index (χ0v) is 10.8. The molecule has 0 aromatic carbocycles. The van der Waals surface area contributed by atoms with E-state index in [1.807, 2.05) is 12.3 Å². The van der Waals surface area contributed by atoms with E-state index in [1.54, 1.807) is 0 Å². The van der Waals surface area contributed by atoms with Crippen LogP contribution in [0.5, 0.6) is 0 Å². The molecule has 2 aliphatic rings. The van der Waals surface area contributed by atoms with Crippen LogP contribution in [-0.4, -0.2) is 39.4 Å². The van der Waals surface area contributed by atoms with Gasteiger partial charge in [0.25, 0.3) is 0 Å². The molecule has 2 fully saturated rings. The Morgan fingerprint density at radius 3 is 3.06 bits per heavy atom. The topological polar surface area (TPSA) is 58.1 Å². The van der Waals surface area contributed by atoms with Crippen LogP contribution in [0.4, 0.5) is 0 Å². The molecule has 0 aliphatic carbocycles. The first-order valence-corrected chi connectivity index (χ1v) is 6.49. The summed E-state index contributed by atoms with van der Waals surface area (Å²) >= 11 is 0. The Morgan fingerprint density at radius 1 is 1.56 bits per heavy atom. The Kier molecular flexibility index (Phi) is 2.78. The number of carbonyl (C=O) groups is 1. The van der Waals surface area contributed by atoms with Crippen LogP contribution in [0.3, 0.4) is 0 Å². The van der Waals surface area contributed by atoms with Crippen LogP contribution in [0.15, 0.2) is 12.3 Å². The summed E-state index contributed by atoms with van der Waals surface area (Å²) in [4.78, 5) is 22.7. The quantitative estimate of drug-likeness (QED) is 0.851. The monoisotopic (exact) mass is 246 g/mol. The van der Waals surface area contributed by atoms with Gasteiger partial charge in [0.2, 0.25) is 5.91 Å². The van der Waals surface area contributed by atoms with E-state index in [4.69, 9.17) is 0 Å². The van der Waals surface area contributed by atoms with Crippen LogP contribution in [-0.2, 0) is 11.3 Å². The summed E-state index contributed by atoms with van der Waals surface area (Å²) in [5, 5.41) is 2.99. The lowest BCUT2D eigenvalue weighted by Crippen LogP contribution is -2.47. The molecule has 0 saturated carbocycles. The van der Waals surface area contributed by atoms with Crippen LogP contribution in [0.1, 0.15) is 37.7 Å². The van der Waals surface area contributed by atoms with Crippen molar-refractivity contribution in [3.8, 4) is 0 Å². The van der Waals surface area contributed by atoms with Gasteiger partial charge in [0, 0.05) is 31.2 Å². The molecule has 3 rings (SSSR count). The van der Waals surface area contributed by atoms with Crippen LogP contribution in [0.25, 0.3) is 0 Å². The summed E-state index contributed by atoms with van der Waals surface area (Å²) in [7, 11) is 0. The molecule has 1 aromatic heterocycles. The Balaban J connectivity index is 1.73. The molecular weight excluding hydrogens is 228 g/mol. The van der Waals surface area contributed by atoms with Crippen molar-refractivity contribution in [3.63, 3.8) is 0 Å². The number of hydrogen-bond acceptors (Lipinski definition) is 4. The van der Waals surface area contributed by atoms with Gasteiger partial charge >= 0.3 is 0 Å². The number of carbonyl (C=O) groups excluding carboxylic acids is 1. The van der Waals surface area contributed by atoms with Gasteiger partial charge in [0.15, 0.2) is 0 Å². The molecule has 5 nitrogen and oxygen atoms in total. The van der Waals surface area contributed by atoms with Crippen LogP contribution >= 0.6 is 0 Å². The molecule has 3 heterocycles. The van der Waals surface area contributed by atoms with Gasteiger partial charge in [-0.05, 0) is 12.5 Å². The molecule has 0 radical (unpaired) electrons. The normalized spacial score (nSPS) is 26.9. The molecule has 2 saturated heterocycles. The number of rotatable bonds is 3. The van der Waals surface area contributed by atoms with E-state index in [-0.39, 0.29) is 11.9 Å². The number of hydrogen-bond donors (Lipinski definition) is 1. The van der Waals surface area contributed by atoms with Gasteiger partial charge in [0.05, 0.1) is 11.7 Å². The average molecular weight is 246 g/mol. The van der Waals surface area contributed by atoms with E-state index >= 15 is 0 Å². The van der Waals surface area contributed by atoms with Crippen molar-refractivity contribution in [2.24, 2.45) is 0 Å². The number of amides is 1. The van der Waals surface area contributed by atoms with Crippen LogP contribution < -0.4 is 5.32 Å². The number of likely N-dealkylation sites (tertiary alicyclic amines) is 1. The fraction of sp³-hybridized carbons (Fsp3) is 0.615. The number of aromatic nitrogens is 2. The predicted molar refractivity (Wildman–Crippen MR) is 66.9 cm³/mol. The standard InChI is InChI=1S/C13H18N4O/c1-8(2)12-14-4-3-9(15-12)6-17-7-10-5-11(17)13(18)16-10/h3-4,8,10-11H,5-7H2,1-2H3,(H,16,18)/t10-,11-/m0/s1. The van der Waals surface area contributed by atoms with Crippen molar-refractivity contribution < 1.29 is 4.79 Å². The van der Waals surface area contributed by atoms with Crippen molar-refractivity contribution in [2.45, 2.75) is 44.8 Å². The minimum atomic E-state index is 0.0486. The van der Waals surface area contributed by atoms with Gasteiger partial charge in [-0.1, -0.05) is 13.8 Å². The lowest BCUT2D eigenvalue weighted by atomic mass is 10.2. The third-order valence-corrected chi connectivity index (χ3v) is 3.67. The van der Waals surface area contributed by atoms with E-state index < -0.39 is 0 Å². The van der Waals surface area contributed by atoms with Crippen molar-refractivity contribution in [1.82, 2.24) is 20.2 Å². The second kappa shape index (κ2) is 4.31. The third kappa shape index (κ3) is 1.99. The number of piperazine rings is 1. The fourth-order valence-corrected chi connectivity index (χ4v) is 2.74. The third-order valence-electron chi connectivity index (χ3n) is 3.67. The van der Waals surface area contributed by atoms with E-state index in [2.05, 4.69) is 34.0 Å². The number of fused-ring (bicyclic) bond motifs is 2. The molecule has 1 aromatic rings. The molecule has 5 heteroatoms. The maximum absolute atomic E-state index is 11.6. The molecule has 96 valence electrons. The Labute approximate surface area is 107 Å². The van der Waals surface area contributed by atoms with Crippen LogP contribution in [0.2, 0.25) is 0 Å². The average Bonchev–Trinajstić information content (AvgIpc) is 2.87. The summed E-state index contributed by atoms with van der Waals surface area (Å²) < 4.78 is 0. The van der Waals surface area contributed by atoms with E-state index in [0.29, 0.717) is 12.0 Å². The zero-order valence-electron chi connectivity index (χ0n) is 10.8. The fourth-order valence-electron chi connectivity index (χ4n) is 2.74. The minimum absolute atomic E-state index is 0.0486. The van der Waals surface area contributed by atoms with Crippen molar-refractivity contribution in [2.75, 3.05) is 6.54 Å². The second-order valence-corrected chi connectivity index (χ2v) is 5.45. The number of nitrogens with zero attached hydrogens (tertiary/aromatic N) is 3. The Morgan fingerprint density at radius 2 is 2.39 bits per heavy atom. The largest absolute Gasteiger partial charge is 0.351 e. The SMILES string of the molecule is CC(C)c1nccc(CN2C[C@@H]3C[C@H]2C(=O)N3)n1. The maximum atomic E-state index is 11.6. The molecule has 1 amide bonds. The van der Waals surface area contributed by atoms with E-state index in [9.17, 15) is 4.79 Å². The number of nitrogens with one attached hydrogen (secondary N) is 1. The summed E-state index contributed by atoms with van der Waals surface area (Å²) in [5.41, 5.74) is 1.01. The first kappa shape index (κ1) is 11.6. The summed E-state index contributed by atoms with van der Waals surface area (Å²) in [6, 6.07) is 2.33. The molecular formula is C13H18N4O. The van der Waals surface area contributed by atoms with Gasteiger partial charge < -0.3 is 5.32 Å². The van der Waals surface area contributed by atoms with Crippen molar-refractivity contribution in [1.29, 1.82) is 0 Å². The lowest BCUT2D eigenvalue weighted by molar-refractivity contribution is -0.125. The summed E-state index contributed by atoms with van der Waals surface area (Å²) in [6.45, 7) is 5.86. The summed E-state index contributed by atoms with van der Waals surface area (Å²) in [5.74, 6) is 1.38. The highest BCUT2D eigenvalue weighted by Crippen LogP contribution is 2.25. The highest BCUT2D eigenvalue weighted by Gasteiger charge is 2.43. The van der Waals surface area contributed by atoms with E-state index in [0.717, 1.165) is 31.0 Å². The molecule has 1 N–H and O–H groups in total. The highest BCUT2D eigenvalue weighted by atomic mass is 16.2. The molecule has 0 unspecified atom stereocenters. The maximum Gasteiger partial charge on any atom is 0.237 e. The molecule has 2 bridgehead atoms. The molecule has 0 spiro atoms. The predicted octanol–water partition coefficient (Wildman–Crippen LogP) is 0.673. The summed E-state index contributed by atoms with van der Waals surface area (Å²) in [6.07, 6.45) is 2.76. The first-order valence-electron chi connectivity index (χ1n) is 6.49. The lowest BCUT2D eigenvalue weighted by Gasteiger charge is -2.25. The van der Waals surface area contributed by atoms with Gasteiger partial charge in [-0.15, -0.1) is 0 Å². The second-order valence-electron chi connectivity index (χ2n) is 5.45. The molecule has 2 atom stereocenters. The minimum Gasteiger partial charge on any atom is -0.351 e. The van der Waals surface area contributed by atoms with E-state index in [1.165, 1.54) is 0 Å². The zero-order chi connectivity index (χ0) is 12.7. The van der Waals surface area contributed by atoms with Gasteiger partial charge in [-0.25, -0.2) is 9.97 Å². The van der Waals surface area contributed by atoms with Crippen LogP contribution in [0, 0.1) is 0 Å². The van der Waals surface area contributed by atoms with Crippen molar-refractivity contribution >= 4 is 5.91 Å². The first-order chi connectivity index (χ1) is 8.63. The Hall–Kier alpha value is -1.49.